The van der Waals surface area contributed by atoms with Gasteiger partial charge in [0.05, 0.1) is 10.8 Å². The molecule has 0 radical (unpaired) electrons. The summed E-state index contributed by atoms with van der Waals surface area (Å²) in [5.74, 6) is 0.0493. The molecular weight excluding hydrogens is 452 g/mol. The van der Waals surface area contributed by atoms with E-state index in [1.165, 1.54) is 23.3 Å². The molecule has 0 fully saturated rings. The van der Waals surface area contributed by atoms with Crippen LogP contribution in [0.3, 0.4) is 0 Å². The minimum Gasteiger partial charge on any atom is -0.508 e. The molecule has 190 valence electrons. The molecule has 0 unspecified atom stereocenters. The molecule has 1 aliphatic carbocycles. The number of rotatable bonds is 6. The normalized spacial score (nSPS) is 12.6. The SMILES string of the molecule is CCC(C)(C)C(=O)OC1c2ccccc2-c2ccccc21.CCC(C)(C)C(=O)Oc1cccc(O)c1. The number of phenols is 1. The Hall–Kier alpha value is -3.60. The number of ether oxygens (including phenoxy) is 2. The van der Waals surface area contributed by atoms with E-state index in [0.29, 0.717) is 12.2 Å². The fraction of sp³-hybridized carbons (Fsp3) is 0.355. The summed E-state index contributed by atoms with van der Waals surface area (Å²) in [4.78, 5) is 24.1. The first-order valence-corrected chi connectivity index (χ1v) is 12.4. The van der Waals surface area contributed by atoms with Gasteiger partial charge >= 0.3 is 11.9 Å². The summed E-state index contributed by atoms with van der Waals surface area (Å²) in [6.07, 6.45) is 1.20. The second-order valence-corrected chi connectivity index (χ2v) is 10.3. The molecule has 0 bridgehead atoms. The molecule has 1 aliphatic rings. The molecule has 5 heteroatoms. The predicted octanol–water partition coefficient (Wildman–Crippen LogP) is 7.47. The summed E-state index contributed by atoms with van der Waals surface area (Å²) in [6, 6.07) is 22.5. The second-order valence-electron chi connectivity index (χ2n) is 10.3. The quantitative estimate of drug-likeness (QED) is 0.288. The lowest BCUT2D eigenvalue weighted by molar-refractivity contribution is -0.158. The third-order valence-electron chi connectivity index (χ3n) is 6.90. The van der Waals surface area contributed by atoms with Crippen LogP contribution in [0.1, 0.15) is 71.6 Å². The molecule has 0 heterocycles. The van der Waals surface area contributed by atoms with E-state index in [0.717, 1.165) is 17.5 Å². The van der Waals surface area contributed by atoms with Crippen LogP contribution >= 0.6 is 0 Å². The maximum Gasteiger partial charge on any atom is 0.316 e. The van der Waals surface area contributed by atoms with Crippen molar-refractivity contribution in [3.8, 4) is 22.6 Å². The minimum atomic E-state index is -0.495. The van der Waals surface area contributed by atoms with Crippen molar-refractivity contribution >= 4 is 11.9 Å². The zero-order chi connectivity index (χ0) is 26.5. The highest BCUT2D eigenvalue weighted by molar-refractivity contribution is 5.81. The van der Waals surface area contributed by atoms with E-state index in [4.69, 9.17) is 9.47 Å². The van der Waals surface area contributed by atoms with E-state index in [9.17, 15) is 14.7 Å². The van der Waals surface area contributed by atoms with Gasteiger partial charge in [-0.05, 0) is 63.8 Å². The van der Waals surface area contributed by atoms with Gasteiger partial charge in [-0.3, -0.25) is 9.59 Å². The van der Waals surface area contributed by atoms with Gasteiger partial charge in [0.15, 0.2) is 6.10 Å². The van der Waals surface area contributed by atoms with Crippen LogP contribution in [0.15, 0.2) is 72.8 Å². The van der Waals surface area contributed by atoms with Gasteiger partial charge in [0, 0.05) is 17.2 Å². The summed E-state index contributed by atoms with van der Waals surface area (Å²) >= 11 is 0. The first kappa shape index (κ1) is 27.0. The summed E-state index contributed by atoms with van der Waals surface area (Å²) in [5, 5.41) is 9.19. The Morgan fingerprint density at radius 3 is 1.75 bits per heavy atom. The third kappa shape index (κ3) is 5.96. The summed E-state index contributed by atoms with van der Waals surface area (Å²) in [5.41, 5.74) is 3.55. The van der Waals surface area contributed by atoms with Crippen LogP contribution in [0.2, 0.25) is 0 Å². The van der Waals surface area contributed by atoms with Gasteiger partial charge in [0.25, 0.3) is 0 Å². The molecule has 3 aromatic rings. The largest absolute Gasteiger partial charge is 0.508 e. The Morgan fingerprint density at radius 1 is 0.750 bits per heavy atom. The zero-order valence-electron chi connectivity index (χ0n) is 22.0. The maximum absolute atomic E-state index is 12.4. The molecule has 0 aromatic heterocycles. The van der Waals surface area contributed by atoms with E-state index in [2.05, 4.69) is 12.1 Å². The number of hydrogen-bond donors (Lipinski definition) is 1. The molecule has 0 atom stereocenters. The fourth-order valence-corrected chi connectivity index (χ4v) is 3.58. The Labute approximate surface area is 214 Å². The zero-order valence-corrected chi connectivity index (χ0v) is 22.0. The Kier molecular flexibility index (Phi) is 8.24. The van der Waals surface area contributed by atoms with Gasteiger partial charge in [0.1, 0.15) is 11.5 Å². The first-order valence-electron chi connectivity index (χ1n) is 12.4. The van der Waals surface area contributed by atoms with Gasteiger partial charge in [-0.25, -0.2) is 0 Å². The topological polar surface area (TPSA) is 72.8 Å². The molecule has 0 amide bonds. The Bertz CT molecular complexity index is 1180. The highest BCUT2D eigenvalue weighted by Gasteiger charge is 2.35. The molecule has 1 N–H and O–H groups in total. The van der Waals surface area contributed by atoms with Gasteiger partial charge < -0.3 is 14.6 Å². The van der Waals surface area contributed by atoms with Crippen molar-refractivity contribution in [2.45, 2.75) is 60.5 Å². The lowest BCUT2D eigenvalue weighted by Crippen LogP contribution is -2.28. The van der Waals surface area contributed by atoms with E-state index in [1.807, 2.05) is 77.9 Å². The molecular formula is C31H36O5. The lowest BCUT2D eigenvalue weighted by atomic mass is 9.90. The molecule has 0 saturated carbocycles. The van der Waals surface area contributed by atoms with Crippen LogP contribution in [0.4, 0.5) is 0 Å². The molecule has 0 saturated heterocycles. The van der Waals surface area contributed by atoms with Crippen LogP contribution in [-0.4, -0.2) is 17.0 Å². The van der Waals surface area contributed by atoms with Crippen molar-refractivity contribution in [3.63, 3.8) is 0 Å². The molecule has 3 aromatic carbocycles. The van der Waals surface area contributed by atoms with E-state index in [-0.39, 0.29) is 23.8 Å². The smallest absolute Gasteiger partial charge is 0.316 e. The lowest BCUT2D eigenvalue weighted by Gasteiger charge is -2.24. The maximum atomic E-state index is 12.4. The van der Waals surface area contributed by atoms with Crippen molar-refractivity contribution in [3.05, 3.63) is 83.9 Å². The van der Waals surface area contributed by atoms with E-state index >= 15 is 0 Å². The van der Waals surface area contributed by atoms with Gasteiger partial charge in [0.2, 0.25) is 0 Å². The number of carbonyl (C=O) groups excluding carboxylic acids is 2. The van der Waals surface area contributed by atoms with E-state index in [1.54, 1.807) is 12.1 Å². The van der Waals surface area contributed by atoms with Gasteiger partial charge in [-0.15, -0.1) is 0 Å². The molecule has 0 spiro atoms. The van der Waals surface area contributed by atoms with Crippen molar-refractivity contribution in [2.24, 2.45) is 10.8 Å². The number of carbonyl (C=O) groups is 2. The first-order chi connectivity index (χ1) is 17.0. The van der Waals surface area contributed by atoms with Crippen LogP contribution in [0.5, 0.6) is 11.5 Å². The summed E-state index contributed by atoms with van der Waals surface area (Å²) < 4.78 is 11.0. The number of aromatic hydroxyl groups is 1. The van der Waals surface area contributed by atoms with Gasteiger partial charge in [-0.1, -0.05) is 68.4 Å². The summed E-state index contributed by atoms with van der Waals surface area (Å²) in [7, 11) is 0. The molecule has 4 rings (SSSR count). The average Bonchev–Trinajstić information content (AvgIpc) is 3.18. The van der Waals surface area contributed by atoms with Crippen molar-refractivity contribution in [1.29, 1.82) is 0 Å². The predicted molar refractivity (Wildman–Crippen MR) is 142 cm³/mol. The van der Waals surface area contributed by atoms with Crippen molar-refractivity contribution in [1.82, 2.24) is 0 Å². The third-order valence-corrected chi connectivity index (χ3v) is 6.90. The number of fused-ring (bicyclic) bond motifs is 3. The summed E-state index contributed by atoms with van der Waals surface area (Å²) in [6.45, 7) is 11.5. The van der Waals surface area contributed by atoms with Crippen LogP contribution < -0.4 is 4.74 Å². The highest BCUT2D eigenvalue weighted by atomic mass is 16.5. The number of benzene rings is 3. The highest BCUT2D eigenvalue weighted by Crippen LogP contribution is 2.45. The monoisotopic (exact) mass is 488 g/mol. The number of phenolic OH excluding ortho intramolecular Hbond substituents is 1. The fourth-order valence-electron chi connectivity index (χ4n) is 3.58. The molecule has 36 heavy (non-hydrogen) atoms. The Morgan fingerprint density at radius 2 is 1.25 bits per heavy atom. The van der Waals surface area contributed by atoms with Crippen LogP contribution in [0.25, 0.3) is 11.1 Å². The number of esters is 2. The van der Waals surface area contributed by atoms with E-state index < -0.39 is 10.8 Å². The second kappa shape index (κ2) is 11.0. The van der Waals surface area contributed by atoms with Crippen LogP contribution in [-0.2, 0) is 14.3 Å². The van der Waals surface area contributed by atoms with Gasteiger partial charge in [-0.2, -0.15) is 0 Å². The Balaban J connectivity index is 0.000000214. The average molecular weight is 489 g/mol. The molecule has 0 aliphatic heterocycles. The van der Waals surface area contributed by atoms with Crippen molar-refractivity contribution in [2.75, 3.05) is 0 Å². The minimum absolute atomic E-state index is 0.0922. The standard InChI is InChI=1S/C19H20O2.C12H16O3/c1-4-19(2,3)18(20)21-17-15-11-7-5-9-13(15)14-10-6-8-12-16(14)17;1-4-12(2,3)11(14)15-10-7-5-6-9(13)8-10/h5-12,17H,4H2,1-3H3;5-8,13H,4H2,1-3H3. The van der Waals surface area contributed by atoms with Crippen molar-refractivity contribution < 1.29 is 24.2 Å². The number of hydrogen-bond acceptors (Lipinski definition) is 5. The molecule has 5 nitrogen and oxygen atoms in total. The van der Waals surface area contributed by atoms with Crippen LogP contribution in [0, 0.1) is 10.8 Å².